The van der Waals surface area contributed by atoms with Crippen LogP contribution in [0.25, 0.3) is 0 Å². The van der Waals surface area contributed by atoms with Crippen LogP contribution in [0.1, 0.15) is 12.5 Å². The highest BCUT2D eigenvalue weighted by Crippen LogP contribution is 2.30. The second kappa shape index (κ2) is 5.39. The molecule has 0 atom stereocenters. The lowest BCUT2D eigenvalue weighted by molar-refractivity contribution is -0.137. The van der Waals surface area contributed by atoms with Gasteiger partial charge in [-0.3, -0.25) is 10.2 Å². The van der Waals surface area contributed by atoms with Crippen molar-refractivity contribution in [2.24, 2.45) is 0 Å². The van der Waals surface area contributed by atoms with Crippen LogP contribution in [0.4, 0.5) is 23.7 Å². The lowest BCUT2D eigenvalue weighted by Crippen LogP contribution is -2.42. The van der Waals surface area contributed by atoms with Gasteiger partial charge in [-0.25, -0.2) is 10.2 Å². The van der Waals surface area contributed by atoms with Gasteiger partial charge in [-0.1, -0.05) is 6.07 Å². The number of hydrazine groups is 1. The molecule has 0 aliphatic carbocycles. The number of rotatable bonds is 1. The fourth-order valence-electron chi connectivity index (χ4n) is 1.08. The molecule has 5 nitrogen and oxygen atoms in total. The van der Waals surface area contributed by atoms with E-state index in [1.165, 1.54) is 13.0 Å². The zero-order chi connectivity index (χ0) is 13.8. The fourth-order valence-corrected chi connectivity index (χ4v) is 1.08. The van der Waals surface area contributed by atoms with Gasteiger partial charge in [-0.2, -0.15) is 13.2 Å². The maximum absolute atomic E-state index is 12.4. The molecule has 0 unspecified atom stereocenters. The predicted octanol–water partition coefficient (Wildman–Crippen LogP) is 1.88. The van der Waals surface area contributed by atoms with E-state index in [0.29, 0.717) is 0 Å². The Morgan fingerprint density at radius 3 is 2.39 bits per heavy atom. The van der Waals surface area contributed by atoms with Gasteiger partial charge in [0, 0.05) is 12.6 Å². The monoisotopic (exact) mass is 261 g/mol. The Balaban J connectivity index is 2.68. The summed E-state index contributed by atoms with van der Waals surface area (Å²) < 4.78 is 37.1. The van der Waals surface area contributed by atoms with E-state index < -0.39 is 23.7 Å². The van der Waals surface area contributed by atoms with Crippen LogP contribution >= 0.6 is 0 Å². The largest absolute Gasteiger partial charge is 0.416 e. The summed E-state index contributed by atoms with van der Waals surface area (Å²) in [5.74, 6) is -0.505. The van der Waals surface area contributed by atoms with E-state index in [1.807, 2.05) is 10.9 Å². The molecule has 0 saturated carbocycles. The van der Waals surface area contributed by atoms with Crippen LogP contribution in [-0.4, -0.2) is 11.9 Å². The number of amides is 3. The highest BCUT2D eigenvalue weighted by Gasteiger charge is 2.30. The Morgan fingerprint density at radius 1 is 1.17 bits per heavy atom. The number of hydrogen-bond acceptors (Lipinski definition) is 2. The van der Waals surface area contributed by atoms with Gasteiger partial charge < -0.3 is 5.32 Å². The molecular weight excluding hydrogens is 251 g/mol. The molecule has 0 bridgehead atoms. The third-order valence-electron chi connectivity index (χ3n) is 1.80. The van der Waals surface area contributed by atoms with Crippen molar-refractivity contribution in [3.05, 3.63) is 29.8 Å². The number of carbonyl (C=O) groups excluding carboxylic acids is 2. The summed E-state index contributed by atoms with van der Waals surface area (Å²) in [5, 5.41) is 2.14. The standard InChI is InChI=1S/C10H10F3N3O2/c1-6(17)15-16-9(18)14-8-4-2-3-7(5-8)10(11,12)13/h2-5H,1H3,(H,15,17)(H2,14,16,18). The maximum atomic E-state index is 12.4. The summed E-state index contributed by atoms with van der Waals surface area (Å²) in [4.78, 5) is 21.6. The summed E-state index contributed by atoms with van der Waals surface area (Å²) in [6, 6.07) is 3.29. The molecule has 0 saturated heterocycles. The minimum atomic E-state index is -4.48. The number of anilines is 1. The van der Waals surface area contributed by atoms with E-state index in [-0.39, 0.29) is 5.69 Å². The Bertz CT molecular complexity index is 460. The van der Waals surface area contributed by atoms with Gasteiger partial charge in [0.15, 0.2) is 0 Å². The first kappa shape index (κ1) is 13.8. The van der Waals surface area contributed by atoms with Crippen molar-refractivity contribution < 1.29 is 22.8 Å². The molecule has 0 spiro atoms. The van der Waals surface area contributed by atoms with Crippen LogP contribution in [0, 0.1) is 0 Å². The van der Waals surface area contributed by atoms with Crippen LogP contribution in [0.15, 0.2) is 24.3 Å². The second-order valence-electron chi connectivity index (χ2n) is 3.34. The van der Waals surface area contributed by atoms with Crippen molar-refractivity contribution in [3.63, 3.8) is 0 Å². The molecule has 0 radical (unpaired) electrons. The van der Waals surface area contributed by atoms with Crippen molar-refractivity contribution in [1.29, 1.82) is 0 Å². The maximum Gasteiger partial charge on any atom is 0.416 e. The molecule has 1 aromatic carbocycles. The number of carbonyl (C=O) groups is 2. The van der Waals surface area contributed by atoms with E-state index in [9.17, 15) is 22.8 Å². The lowest BCUT2D eigenvalue weighted by atomic mass is 10.2. The molecule has 1 aromatic rings. The van der Waals surface area contributed by atoms with E-state index in [2.05, 4.69) is 5.32 Å². The zero-order valence-electron chi connectivity index (χ0n) is 9.26. The number of urea groups is 1. The van der Waals surface area contributed by atoms with Crippen LogP contribution in [-0.2, 0) is 11.0 Å². The lowest BCUT2D eigenvalue weighted by Gasteiger charge is -2.10. The summed E-state index contributed by atoms with van der Waals surface area (Å²) in [6.45, 7) is 1.17. The Kier molecular flexibility index (Phi) is 4.13. The van der Waals surface area contributed by atoms with Crippen molar-refractivity contribution in [1.82, 2.24) is 10.9 Å². The Hall–Kier alpha value is -2.25. The van der Waals surface area contributed by atoms with Gasteiger partial charge in [0.05, 0.1) is 5.56 Å². The molecule has 18 heavy (non-hydrogen) atoms. The summed E-state index contributed by atoms with van der Waals surface area (Å²) in [6.07, 6.45) is -4.48. The van der Waals surface area contributed by atoms with Crippen LogP contribution in [0.3, 0.4) is 0 Å². The molecule has 0 aliphatic rings. The van der Waals surface area contributed by atoms with Crippen molar-refractivity contribution in [2.45, 2.75) is 13.1 Å². The molecular formula is C10H10F3N3O2. The van der Waals surface area contributed by atoms with Gasteiger partial charge in [0.2, 0.25) is 5.91 Å². The summed E-state index contributed by atoms with van der Waals surface area (Å²) in [7, 11) is 0. The Labute approximate surface area is 100 Å². The number of benzene rings is 1. The second-order valence-corrected chi connectivity index (χ2v) is 3.34. The predicted molar refractivity (Wildman–Crippen MR) is 57.4 cm³/mol. The van der Waals surface area contributed by atoms with Gasteiger partial charge in [0.25, 0.3) is 0 Å². The molecule has 3 N–H and O–H groups in total. The first-order chi connectivity index (χ1) is 8.29. The third kappa shape index (κ3) is 4.32. The van der Waals surface area contributed by atoms with Crippen LogP contribution in [0.2, 0.25) is 0 Å². The quantitative estimate of drug-likeness (QED) is 0.675. The SMILES string of the molecule is CC(=O)NNC(=O)Nc1cccc(C(F)(F)F)c1. The van der Waals surface area contributed by atoms with Crippen molar-refractivity contribution in [2.75, 3.05) is 5.32 Å². The van der Waals surface area contributed by atoms with E-state index >= 15 is 0 Å². The molecule has 8 heteroatoms. The molecule has 3 amide bonds. The Morgan fingerprint density at radius 2 is 1.83 bits per heavy atom. The van der Waals surface area contributed by atoms with Gasteiger partial charge >= 0.3 is 12.2 Å². The van der Waals surface area contributed by atoms with E-state index in [4.69, 9.17) is 0 Å². The molecule has 98 valence electrons. The summed E-state index contributed by atoms with van der Waals surface area (Å²) >= 11 is 0. The highest BCUT2D eigenvalue weighted by atomic mass is 19.4. The molecule has 0 heterocycles. The van der Waals surface area contributed by atoms with Crippen molar-refractivity contribution in [3.8, 4) is 0 Å². The number of halogens is 3. The topological polar surface area (TPSA) is 70.2 Å². The minimum absolute atomic E-state index is 0.0346. The zero-order valence-corrected chi connectivity index (χ0v) is 9.26. The van der Waals surface area contributed by atoms with Crippen LogP contribution in [0.5, 0.6) is 0 Å². The minimum Gasteiger partial charge on any atom is -0.307 e. The normalized spacial score (nSPS) is 10.7. The average Bonchev–Trinajstić information content (AvgIpc) is 2.25. The summed E-state index contributed by atoms with van der Waals surface area (Å²) in [5.41, 5.74) is 3.04. The van der Waals surface area contributed by atoms with E-state index in [1.54, 1.807) is 0 Å². The highest BCUT2D eigenvalue weighted by molar-refractivity contribution is 5.90. The molecule has 1 rings (SSSR count). The van der Waals surface area contributed by atoms with Gasteiger partial charge in [-0.15, -0.1) is 0 Å². The number of alkyl halides is 3. The average molecular weight is 261 g/mol. The smallest absolute Gasteiger partial charge is 0.307 e. The first-order valence-electron chi connectivity index (χ1n) is 4.80. The number of nitrogens with one attached hydrogen (secondary N) is 3. The number of hydrogen-bond donors (Lipinski definition) is 3. The van der Waals surface area contributed by atoms with Gasteiger partial charge in [-0.05, 0) is 18.2 Å². The fraction of sp³-hybridized carbons (Fsp3) is 0.200. The molecule has 0 aliphatic heterocycles. The molecule has 0 fully saturated rings. The van der Waals surface area contributed by atoms with Gasteiger partial charge in [0.1, 0.15) is 0 Å². The van der Waals surface area contributed by atoms with Crippen molar-refractivity contribution >= 4 is 17.6 Å². The third-order valence-corrected chi connectivity index (χ3v) is 1.80. The molecule has 0 aromatic heterocycles. The van der Waals surface area contributed by atoms with E-state index in [0.717, 1.165) is 18.2 Å². The van der Waals surface area contributed by atoms with Crippen LogP contribution < -0.4 is 16.2 Å². The first-order valence-corrected chi connectivity index (χ1v) is 4.80.